The van der Waals surface area contributed by atoms with Gasteiger partial charge >= 0.3 is 0 Å². The minimum atomic E-state index is 0.248. The second-order valence-electron chi connectivity index (χ2n) is 3.18. The van der Waals surface area contributed by atoms with Crippen LogP contribution in [0.4, 0.5) is 0 Å². The highest BCUT2D eigenvalue weighted by molar-refractivity contribution is 5.95. The summed E-state index contributed by atoms with van der Waals surface area (Å²) in [6.45, 7) is 0. The van der Waals surface area contributed by atoms with E-state index in [1.165, 1.54) is 0 Å². The fourth-order valence-corrected chi connectivity index (χ4v) is 1.57. The first-order chi connectivity index (χ1) is 6.84. The summed E-state index contributed by atoms with van der Waals surface area (Å²) in [4.78, 5) is 4.34. The van der Waals surface area contributed by atoms with Gasteiger partial charge in [0.25, 0.3) is 0 Å². The SMILES string of the molecule is Oc1cccc2nc3cocc3cc12. The van der Waals surface area contributed by atoms with Crippen molar-refractivity contribution in [1.29, 1.82) is 0 Å². The Bertz CT molecular complexity index is 613. The van der Waals surface area contributed by atoms with Gasteiger partial charge in [-0.1, -0.05) is 6.07 Å². The van der Waals surface area contributed by atoms with Crippen molar-refractivity contribution in [2.45, 2.75) is 0 Å². The normalized spacial score (nSPS) is 11.1. The summed E-state index contributed by atoms with van der Waals surface area (Å²) >= 11 is 0. The number of hydrogen-bond acceptors (Lipinski definition) is 3. The number of benzene rings is 1. The fourth-order valence-electron chi connectivity index (χ4n) is 1.57. The van der Waals surface area contributed by atoms with Crippen molar-refractivity contribution in [3.8, 4) is 5.75 Å². The Morgan fingerprint density at radius 2 is 2.07 bits per heavy atom. The fraction of sp³-hybridized carbons (Fsp3) is 0. The molecule has 14 heavy (non-hydrogen) atoms. The largest absolute Gasteiger partial charge is 0.507 e. The Morgan fingerprint density at radius 3 is 3.00 bits per heavy atom. The van der Waals surface area contributed by atoms with E-state index in [2.05, 4.69) is 4.98 Å². The van der Waals surface area contributed by atoms with Crippen LogP contribution < -0.4 is 0 Å². The lowest BCUT2D eigenvalue weighted by molar-refractivity contribution is 0.481. The number of aromatic hydroxyl groups is 1. The molecule has 0 atom stereocenters. The second kappa shape index (κ2) is 2.48. The molecule has 0 radical (unpaired) electrons. The summed E-state index contributed by atoms with van der Waals surface area (Å²) in [5.41, 5.74) is 1.59. The molecule has 0 spiro atoms. The maximum Gasteiger partial charge on any atom is 0.124 e. The van der Waals surface area contributed by atoms with Gasteiger partial charge in [-0.15, -0.1) is 0 Å². The van der Waals surface area contributed by atoms with Crippen molar-refractivity contribution in [3.05, 3.63) is 36.8 Å². The molecule has 3 rings (SSSR count). The molecule has 1 N–H and O–H groups in total. The molecule has 0 aliphatic heterocycles. The minimum absolute atomic E-state index is 0.248. The van der Waals surface area contributed by atoms with E-state index in [1.807, 2.05) is 12.1 Å². The Hall–Kier alpha value is -2.03. The van der Waals surface area contributed by atoms with Crippen LogP contribution in [0.1, 0.15) is 0 Å². The van der Waals surface area contributed by atoms with E-state index >= 15 is 0 Å². The maximum absolute atomic E-state index is 9.60. The topological polar surface area (TPSA) is 46.3 Å². The number of furan rings is 1. The lowest BCUT2D eigenvalue weighted by atomic mass is 10.1. The molecule has 0 aliphatic rings. The van der Waals surface area contributed by atoms with Crippen LogP contribution in [-0.4, -0.2) is 10.1 Å². The molecule has 0 aliphatic carbocycles. The van der Waals surface area contributed by atoms with Gasteiger partial charge in [0.1, 0.15) is 17.5 Å². The summed E-state index contributed by atoms with van der Waals surface area (Å²) in [6.07, 6.45) is 3.22. The van der Waals surface area contributed by atoms with E-state index in [1.54, 1.807) is 24.7 Å². The molecule has 0 unspecified atom stereocenters. The van der Waals surface area contributed by atoms with E-state index in [0.717, 1.165) is 21.8 Å². The zero-order valence-corrected chi connectivity index (χ0v) is 7.27. The van der Waals surface area contributed by atoms with Crippen LogP contribution in [0, 0.1) is 0 Å². The van der Waals surface area contributed by atoms with Gasteiger partial charge in [0.05, 0.1) is 11.8 Å². The standard InChI is InChI=1S/C11H7NO2/c13-11-3-1-2-9-8(11)4-7-5-14-6-10(7)12-9/h1-6,13H. The molecule has 0 bridgehead atoms. The van der Waals surface area contributed by atoms with Gasteiger partial charge in [0.15, 0.2) is 0 Å². The first-order valence-corrected chi connectivity index (χ1v) is 4.29. The van der Waals surface area contributed by atoms with E-state index in [4.69, 9.17) is 4.42 Å². The van der Waals surface area contributed by atoms with Gasteiger partial charge in [0.2, 0.25) is 0 Å². The summed E-state index contributed by atoms with van der Waals surface area (Å²) in [5.74, 6) is 0.248. The van der Waals surface area contributed by atoms with Gasteiger partial charge in [-0.3, -0.25) is 0 Å². The Kier molecular flexibility index (Phi) is 1.31. The molecule has 0 saturated carbocycles. The third-order valence-electron chi connectivity index (χ3n) is 2.27. The number of fused-ring (bicyclic) bond motifs is 2. The van der Waals surface area contributed by atoms with Gasteiger partial charge < -0.3 is 9.52 Å². The van der Waals surface area contributed by atoms with Gasteiger partial charge in [-0.05, 0) is 18.2 Å². The summed E-state index contributed by atoms with van der Waals surface area (Å²) in [7, 11) is 0. The van der Waals surface area contributed by atoms with Crippen LogP contribution in [0.3, 0.4) is 0 Å². The third kappa shape index (κ3) is 0.893. The Morgan fingerprint density at radius 1 is 1.14 bits per heavy atom. The number of pyridine rings is 1. The first kappa shape index (κ1) is 7.38. The monoisotopic (exact) mass is 185 g/mol. The maximum atomic E-state index is 9.60. The van der Waals surface area contributed by atoms with E-state index < -0.39 is 0 Å². The summed E-state index contributed by atoms with van der Waals surface area (Å²) in [5, 5.41) is 11.3. The number of phenolic OH excluding ortho intramolecular Hbond substituents is 1. The molecule has 1 aromatic carbocycles. The number of nitrogens with zero attached hydrogens (tertiary/aromatic N) is 1. The number of hydrogen-bond donors (Lipinski definition) is 1. The summed E-state index contributed by atoms with van der Waals surface area (Å²) < 4.78 is 5.03. The minimum Gasteiger partial charge on any atom is -0.507 e. The lowest BCUT2D eigenvalue weighted by Crippen LogP contribution is -1.79. The second-order valence-corrected chi connectivity index (χ2v) is 3.18. The zero-order chi connectivity index (χ0) is 9.54. The van der Waals surface area contributed by atoms with Crippen molar-refractivity contribution in [2.24, 2.45) is 0 Å². The number of aromatic nitrogens is 1. The van der Waals surface area contributed by atoms with E-state index in [-0.39, 0.29) is 5.75 Å². The van der Waals surface area contributed by atoms with Crippen molar-refractivity contribution >= 4 is 21.8 Å². The quantitative estimate of drug-likeness (QED) is 0.585. The van der Waals surface area contributed by atoms with Crippen LogP contribution in [0.2, 0.25) is 0 Å². The van der Waals surface area contributed by atoms with E-state index in [0.29, 0.717) is 0 Å². The molecular formula is C11H7NO2. The highest BCUT2D eigenvalue weighted by atomic mass is 16.3. The molecule has 3 nitrogen and oxygen atoms in total. The molecule has 2 aromatic heterocycles. The van der Waals surface area contributed by atoms with Crippen LogP contribution >= 0.6 is 0 Å². The highest BCUT2D eigenvalue weighted by Crippen LogP contribution is 2.26. The van der Waals surface area contributed by atoms with Crippen LogP contribution in [-0.2, 0) is 0 Å². The zero-order valence-electron chi connectivity index (χ0n) is 7.27. The first-order valence-electron chi connectivity index (χ1n) is 4.29. The predicted octanol–water partition coefficient (Wildman–Crippen LogP) is 2.69. The smallest absolute Gasteiger partial charge is 0.124 e. The van der Waals surface area contributed by atoms with Crippen molar-refractivity contribution in [1.82, 2.24) is 4.98 Å². The highest BCUT2D eigenvalue weighted by Gasteiger charge is 2.03. The van der Waals surface area contributed by atoms with Gasteiger partial charge in [-0.2, -0.15) is 0 Å². The van der Waals surface area contributed by atoms with Crippen molar-refractivity contribution in [3.63, 3.8) is 0 Å². The van der Waals surface area contributed by atoms with Gasteiger partial charge in [-0.25, -0.2) is 4.98 Å². The molecule has 2 heterocycles. The Labute approximate surface area is 79.6 Å². The molecule has 0 amide bonds. The predicted molar refractivity (Wildman–Crippen MR) is 53.2 cm³/mol. The van der Waals surface area contributed by atoms with E-state index in [9.17, 15) is 5.11 Å². The average molecular weight is 185 g/mol. The molecule has 0 fully saturated rings. The average Bonchev–Trinajstić information content (AvgIpc) is 2.62. The molecule has 3 heteroatoms. The number of rotatable bonds is 0. The van der Waals surface area contributed by atoms with Crippen LogP contribution in [0.5, 0.6) is 5.75 Å². The van der Waals surface area contributed by atoms with Crippen molar-refractivity contribution in [2.75, 3.05) is 0 Å². The molecular weight excluding hydrogens is 178 g/mol. The van der Waals surface area contributed by atoms with Gasteiger partial charge in [0, 0.05) is 10.8 Å². The summed E-state index contributed by atoms with van der Waals surface area (Å²) in [6, 6.07) is 7.16. The molecule has 3 aromatic rings. The van der Waals surface area contributed by atoms with Crippen LogP contribution in [0.15, 0.2) is 41.2 Å². The van der Waals surface area contributed by atoms with Crippen LogP contribution in [0.25, 0.3) is 21.8 Å². The number of phenols is 1. The molecule has 68 valence electrons. The molecule has 0 saturated heterocycles. The Balaban J connectivity index is 2.57. The third-order valence-corrected chi connectivity index (χ3v) is 2.27. The lowest BCUT2D eigenvalue weighted by Gasteiger charge is -1.99. The van der Waals surface area contributed by atoms with Crippen molar-refractivity contribution < 1.29 is 9.52 Å².